The second kappa shape index (κ2) is 8.61. The molecule has 0 radical (unpaired) electrons. The number of primary amides is 1. The van der Waals surface area contributed by atoms with Gasteiger partial charge in [0.05, 0.1) is 12.3 Å². The standard InChI is InChI=1S/C27H29N3O3/c1-27(2)14-22-12-18(6-9-24(22)33-27)16-30-10-11-32-25(17-30)23-8-7-21(15-29-23)19-4-3-5-20(13-19)26(28)31/h3-9,12-13,15,25H,10-11,14,16-17H2,1-2H3,(H2,28,31)/t25-/m1/s1. The van der Waals surface area contributed by atoms with Gasteiger partial charge in [-0.05, 0) is 54.8 Å². The number of carbonyl (C=O) groups excluding carboxylic acids is 1. The minimum absolute atomic E-state index is 0.0681. The van der Waals surface area contributed by atoms with E-state index in [2.05, 4.69) is 41.9 Å². The highest BCUT2D eigenvalue weighted by molar-refractivity contribution is 5.94. The molecular weight excluding hydrogens is 414 g/mol. The predicted octanol–water partition coefficient (Wildman–Crippen LogP) is 4.13. The lowest BCUT2D eigenvalue weighted by Gasteiger charge is -2.32. The first-order chi connectivity index (χ1) is 15.9. The van der Waals surface area contributed by atoms with Gasteiger partial charge in [-0.2, -0.15) is 0 Å². The summed E-state index contributed by atoms with van der Waals surface area (Å²) in [5.74, 6) is 0.575. The molecule has 2 aromatic carbocycles. The minimum Gasteiger partial charge on any atom is -0.487 e. The molecule has 6 heteroatoms. The number of aromatic nitrogens is 1. The molecule has 3 aromatic rings. The first-order valence-corrected chi connectivity index (χ1v) is 11.4. The Balaban J connectivity index is 1.26. The van der Waals surface area contributed by atoms with Crippen molar-refractivity contribution in [3.8, 4) is 16.9 Å². The number of morpholine rings is 1. The molecule has 1 atom stereocenters. The summed E-state index contributed by atoms with van der Waals surface area (Å²) >= 11 is 0. The molecule has 6 nitrogen and oxygen atoms in total. The lowest BCUT2D eigenvalue weighted by molar-refractivity contribution is -0.0349. The number of ether oxygens (including phenoxy) is 2. The fourth-order valence-corrected chi connectivity index (χ4v) is 4.66. The van der Waals surface area contributed by atoms with Gasteiger partial charge < -0.3 is 15.2 Å². The third-order valence-electron chi connectivity index (χ3n) is 6.28. The molecule has 2 aliphatic heterocycles. The van der Waals surface area contributed by atoms with Gasteiger partial charge in [0.25, 0.3) is 0 Å². The maximum atomic E-state index is 11.5. The van der Waals surface area contributed by atoms with Crippen LogP contribution in [0.25, 0.3) is 11.1 Å². The molecule has 0 saturated carbocycles. The molecule has 3 heterocycles. The molecule has 2 aliphatic rings. The van der Waals surface area contributed by atoms with Crippen LogP contribution in [0, 0.1) is 0 Å². The van der Waals surface area contributed by atoms with Crippen molar-refractivity contribution in [1.82, 2.24) is 9.88 Å². The van der Waals surface area contributed by atoms with E-state index in [1.165, 1.54) is 11.1 Å². The van der Waals surface area contributed by atoms with Gasteiger partial charge in [-0.1, -0.05) is 30.3 Å². The summed E-state index contributed by atoms with van der Waals surface area (Å²) in [5.41, 5.74) is 11.1. The van der Waals surface area contributed by atoms with Crippen LogP contribution >= 0.6 is 0 Å². The quantitative estimate of drug-likeness (QED) is 0.641. The Kier molecular flexibility index (Phi) is 5.64. The molecule has 1 fully saturated rings. The van der Waals surface area contributed by atoms with E-state index in [9.17, 15) is 4.79 Å². The molecule has 1 amide bonds. The Hall–Kier alpha value is -3.22. The molecular formula is C27H29N3O3. The van der Waals surface area contributed by atoms with Crippen LogP contribution in [0.1, 0.15) is 47.1 Å². The van der Waals surface area contributed by atoms with E-state index in [1.54, 1.807) is 12.1 Å². The van der Waals surface area contributed by atoms with Crippen molar-refractivity contribution in [2.45, 2.75) is 38.5 Å². The zero-order valence-corrected chi connectivity index (χ0v) is 19.1. The zero-order chi connectivity index (χ0) is 23.0. The highest BCUT2D eigenvalue weighted by Crippen LogP contribution is 2.35. The molecule has 5 rings (SSSR count). The maximum absolute atomic E-state index is 11.5. The molecule has 0 aliphatic carbocycles. The Morgan fingerprint density at radius 3 is 2.82 bits per heavy atom. The Labute approximate surface area is 194 Å². The van der Waals surface area contributed by atoms with Gasteiger partial charge in [0.1, 0.15) is 17.5 Å². The van der Waals surface area contributed by atoms with Crippen molar-refractivity contribution in [2.75, 3.05) is 19.7 Å². The van der Waals surface area contributed by atoms with Crippen LogP contribution in [0.2, 0.25) is 0 Å². The molecule has 170 valence electrons. The van der Waals surface area contributed by atoms with Gasteiger partial charge in [0.15, 0.2) is 0 Å². The van der Waals surface area contributed by atoms with Gasteiger partial charge in [0, 0.05) is 43.4 Å². The van der Waals surface area contributed by atoms with Crippen molar-refractivity contribution in [3.63, 3.8) is 0 Å². The summed E-state index contributed by atoms with van der Waals surface area (Å²) in [6, 6.07) is 17.9. The largest absolute Gasteiger partial charge is 0.487 e. The second-order valence-electron chi connectivity index (χ2n) is 9.49. The monoisotopic (exact) mass is 443 g/mol. The number of hydrogen-bond donors (Lipinski definition) is 1. The van der Waals surface area contributed by atoms with Crippen molar-refractivity contribution in [3.05, 3.63) is 83.2 Å². The number of rotatable bonds is 5. The number of fused-ring (bicyclic) bond motifs is 1. The van der Waals surface area contributed by atoms with E-state index in [1.807, 2.05) is 30.5 Å². The fourth-order valence-electron chi connectivity index (χ4n) is 4.66. The summed E-state index contributed by atoms with van der Waals surface area (Å²) in [6.07, 6.45) is 2.71. The Bertz CT molecular complexity index is 1170. The van der Waals surface area contributed by atoms with E-state index >= 15 is 0 Å². The number of nitrogens with two attached hydrogens (primary N) is 1. The molecule has 2 N–H and O–H groups in total. The first kappa shape index (κ1) is 21.6. The summed E-state index contributed by atoms with van der Waals surface area (Å²) in [6.45, 7) is 7.51. The van der Waals surface area contributed by atoms with Crippen LogP contribution < -0.4 is 10.5 Å². The van der Waals surface area contributed by atoms with Crippen LogP contribution in [0.5, 0.6) is 5.75 Å². The van der Waals surface area contributed by atoms with Crippen molar-refractivity contribution in [2.24, 2.45) is 5.73 Å². The van der Waals surface area contributed by atoms with Gasteiger partial charge >= 0.3 is 0 Å². The number of nitrogens with zero attached hydrogens (tertiary/aromatic N) is 2. The van der Waals surface area contributed by atoms with E-state index in [4.69, 9.17) is 15.2 Å². The predicted molar refractivity (Wildman–Crippen MR) is 127 cm³/mol. The van der Waals surface area contributed by atoms with E-state index < -0.39 is 5.91 Å². The summed E-state index contributed by atoms with van der Waals surface area (Å²) in [5, 5.41) is 0. The molecule has 33 heavy (non-hydrogen) atoms. The lowest BCUT2D eigenvalue weighted by atomic mass is 10.00. The second-order valence-corrected chi connectivity index (χ2v) is 9.49. The normalized spacial score (nSPS) is 19.6. The highest BCUT2D eigenvalue weighted by atomic mass is 16.5. The van der Waals surface area contributed by atoms with Crippen LogP contribution in [0.3, 0.4) is 0 Å². The maximum Gasteiger partial charge on any atom is 0.248 e. The minimum atomic E-state index is -0.434. The van der Waals surface area contributed by atoms with Gasteiger partial charge in [0.2, 0.25) is 5.91 Å². The Morgan fingerprint density at radius 2 is 2.03 bits per heavy atom. The van der Waals surface area contributed by atoms with Crippen LogP contribution in [0.4, 0.5) is 0 Å². The zero-order valence-electron chi connectivity index (χ0n) is 19.1. The summed E-state index contributed by atoms with van der Waals surface area (Å²) in [4.78, 5) is 18.6. The average molecular weight is 444 g/mol. The van der Waals surface area contributed by atoms with Crippen LogP contribution in [0.15, 0.2) is 60.8 Å². The molecule has 0 unspecified atom stereocenters. The third kappa shape index (κ3) is 4.77. The van der Waals surface area contributed by atoms with E-state index in [0.717, 1.165) is 48.6 Å². The van der Waals surface area contributed by atoms with Crippen LogP contribution in [-0.2, 0) is 17.7 Å². The molecule has 0 spiro atoms. The number of carbonyl (C=O) groups is 1. The van der Waals surface area contributed by atoms with E-state index in [-0.39, 0.29) is 11.7 Å². The fraction of sp³-hybridized carbons (Fsp3) is 0.333. The van der Waals surface area contributed by atoms with Gasteiger partial charge in [-0.25, -0.2) is 0 Å². The molecule has 1 aromatic heterocycles. The molecule has 1 saturated heterocycles. The topological polar surface area (TPSA) is 77.7 Å². The smallest absolute Gasteiger partial charge is 0.248 e. The van der Waals surface area contributed by atoms with Gasteiger partial charge in [-0.15, -0.1) is 0 Å². The highest BCUT2D eigenvalue weighted by Gasteiger charge is 2.30. The Morgan fingerprint density at radius 1 is 1.15 bits per heavy atom. The number of hydrogen-bond acceptors (Lipinski definition) is 5. The summed E-state index contributed by atoms with van der Waals surface area (Å²) < 4.78 is 12.1. The van der Waals surface area contributed by atoms with Crippen molar-refractivity contribution >= 4 is 5.91 Å². The van der Waals surface area contributed by atoms with Crippen LogP contribution in [-0.4, -0.2) is 41.1 Å². The number of pyridine rings is 1. The lowest BCUT2D eigenvalue weighted by Crippen LogP contribution is -2.38. The van der Waals surface area contributed by atoms with Gasteiger partial charge in [-0.3, -0.25) is 14.7 Å². The third-order valence-corrected chi connectivity index (χ3v) is 6.28. The molecule has 0 bridgehead atoms. The average Bonchev–Trinajstić information content (AvgIpc) is 3.12. The summed E-state index contributed by atoms with van der Waals surface area (Å²) in [7, 11) is 0. The number of benzene rings is 2. The number of amides is 1. The van der Waals surface area contributed by atoms with Crippen molar-refractivity contribution < 1.29 is 14.3 Å². The first-order valence-electron chi connectivity index (χ1n) is 11.4. The SMILES string of the molecule is CC1(C)Cc2cc(CN3CCO[C@@H](c4ccc(-c5cccc(C(N)=O)c5)cn4)C3)ccc2O1. The van der Waals surface area contributed by atoms with Crippen molar-refractivity contribution in [1.29, 1.82) is 0 Å². The van der Waals surface area contributed by atoms with E-state index in [0.29, 0.717) is 12.2 Å².